The second-order valence-corrected chi connectivity index (χ2v) is 13.3. The van der Waals surface area contributed by atoms with Gasteiger partial charge in [-0.2, -0.15) is 0 Å². The minimum absolute atomic E-state index is 0.160. The zero-order valence-electron chi connectivity index (χ0n) is 28.0. The number of nitrogens with zero attached hydrogens (tertiary/aromatic N) is 6. The minimum atomic E-state index is -0.598. The third kappa shape index (κ3) is 6.35. The fraction of sp³-hybridized carbons (Fsp3) is 0.237. The largest absolute Gasteiger partial charge is 0.331 e. The minimum Gasteiger partial charge on any atom is -0.331 e. The summed E-state index contributed by atoms with van der Waals surface area (Å²) in [4.78, 5) is 61.5. The standard InChI is InChI=1S/C38H36N8O4/c1-24-14-15-26(18-30(24)34(47)40-28-12-8-5-9-13-28)32-23-46(43-42-32)29-16-17-38(2,3)45(22-29)36(49)27-19-31-33(39-20-27)44(37(50)41-35(31)48)21-25-10-6-4-7-11-25/h4-15,18-20,23,29H,16-17,21-22H2,1-3H3,(H,40,47)(H,41,48,50). The lowest BCUT2D eigenvalue weighted by Gasteiger charge is -2.45. The highest BCUT2D eigenvalue weighted by Crippen LogP contribution is 2.34. The van der Waals surface area contributed by atoms with Crippen LogP contribution in [0.4, 0.5) is 5.69 Å². The monoisotopic (exact) mass is 668 g/mol. The Labute approximate surface area is 287 Å². The number of para-hydroxylation sites is 1. The van der Waals surface area contributed by atoms with Crippen molar-refractivity contribution in [1.29, 1.82) is 0 Å². The summed E-state index contributed by atoms with van der Waals surface area (Å²) in [5.41, 5.74) is 3.14. The number of likely N-dealkylation sites (tertiary alicyclic amines) is 1. The summed E-state index contributed by atoms with van der Waals surface area (Å²) in [5.74, 6) is -0.487. The number of carbonyl (C=O) groups excluding carboxylic acids is 2. The quantitative estimate of drug-likeness (QED) is 0.237. The molecule has 252 valence electrons. The first-order chi connectivity index (χ1) is 24.1. The molecular formula is C38H36N8O4. The Bertz CT molecular complexity index is 2340. The molecule has 0 spiro atoms. The number of piperidine rings is 1. The molecule has 12 nitrogen and oxygen atoms in total. The van der Waals surface area contributed by atoms with Crippen LogP contribution in [-0.2, 0) is 6.54 Å². The summed E-state index contributed by atoms with van der Waals surface area (Å²) in [6.07, 6.45) is 4.74. The number of carbonyl (C=O) groups is 2. The van der Waals surface area contributed by atoms with Gasteiger partial charge < -0.3 is 10.2 Å². The van der Waals surface area contributed by atoms with E-state index >= 15 is 0 Å². The molecule has 0 aliphatic carbocycles. The molecule has 1 aliphatic heterocycles. The second-order valence-electron chi connectivity index (χ2n) is 13.3. The van der Waals surface area contributed by atoms with Crippen molar-refractivity contribution in [2.75, 3.05) is 11.9 Å². The summed E-state index contributed by atoms with van der Waals surface area (Å²) in [6, 6.07) is 25.7. The van der Waals surface area contributed by atoms with Gasteiger partial charge in [0.2, 0.25) is 0 Å². The number of pyridine rings is 1. The Morgan fingerprint density at radius 2 is 1.72 bits per heavy atom. The van der Waals surface area contributed by atoms with Gasteiger partial charge in [-0.15, -0.1) is 5.10 Å². The number of H-pyrrole nitrogens is 1. The molecule has 2 N–H and O–H groups in total. The van der Waals surface area contributed by atoms with E-state index in [0.717, 1.165) is 23.1 Å². The first-order valence-corrected chi connectivity index (χ1v) is 16.5. The van der Waals surface area contributed by atoms with Crippen LogP contribution in [0.15, 0.2) is 107 Å². The molecule has 1 unspecified atom stereocenters. The number of aryl methyl sites for hydroxylation is 1. The average molecular weight is 669 g/mol. The van der Waals surface area contributed by atoms with E-state index in [4.69, 9.17) is 0 Å². The van der Waals surface area contributed by atoms with Crippen LogP contribution in [-0.4, -0.2) is 58.3 Å². The van der Waals surface area contributed by atoms with Crippen LogP contribution in [0.5, 0.6) is 0 Å². The third-order valence-electron chi connectivity index (χ3n) is 9.42. The number of fused-ring (bicyclic) bond motifs is 1. The van der Waals surface area contributed by atoms with E-state index in [-0.39, 0.29) is 41.0 Å². The molecular weight excluding hydrogens is 632 g/mol. The van der Waals surface area contributed by atoms with Crippen LogP contribution in [0, 0.1) is 6.92 Å². The first kappa shape index (κ1) is 32.4. The number of amides is 2. The van der Waals surface area contributed by atoms with E-state index in [1.807, 2.05) is 106 Å². The molecule has 0 radical (unpaired) electrons. The highest BCUT2D eigenvalue weighted by atomic mass is 16.2. The lowest BCUT2D eigenvalue weighted by atomic mass is 9.87. The van der Waals surface area contributed by atoms with E-state index in [9.17, 15) is 19.2 Å². The van der Waals surface area contributed by atoms with E-state index in [0.29, 0.717) is 29.9 Å². The fourth-order valence-corrected chi connectivity index (χ4v) is 6.46. The van der Waals surface area contributed by atoms with E-state index in [2.05, 4.69) is 25.6 Å². The molecule has 0 bridgehead atoms. The number of rotatable bonds is 7. The van der Waals surface area contributed by atoms with Gasteiger partial charge in [-0.05, 0) is 69.0 Å². The molecule has 3 aromatic heterocycles. The number of benzene rings is 3. The molecule has 1 atom stereocenters. The van der Waals surface area contributed by atoms with Crippen molar-refractivity contribution in [2.45, 2.75) is 51.7 Å². The van der Waals surface area contributed by atoms with Crippen LogP contribution < -0.4 is 16.6 Å². The van der Waals surface area contributed by atoms with Crippen LogP contribution >= 0.6 is 0 Å². The predicted octanol–water partition coefficient (Wildman–Crippen LogP) is 5.21. The highest BCUT2D eigenvalue weighted by Gasteiger charge is 2.39. The zero-order chi connectivity index (χ0) is 35.0. The van der Waals surface area contributed by atoms with Gasteiger partial charge in [-0.3, -0.25) is 23.9 Å². The SMILES string of the molecule is Cc1ccc(-c2cn(C3CCC(C)(C)N(C(=O)c4cnc5c(c4)c(=O)[nH]c(=O)n5Cc4ccccc4)C3)nn2)cc1C(=O)Nc1ccccc1. The average Bonchev–Trinajstić information content (AvgIpc) is 3.61. The smallest absolute Gasteiger partial charge is 0.330 e. The number of hydrogen-bond acceptors (Lipinski definition) is 7. The van der Waals surface area contributed by atoms with Gasteiger partial charge in [0.05, 0.1) is 29.7 Å². The predicted molar refractivity (Wildman–Crippen MR) is 190 cm³/mol. The van der Waals surface area contributed by atoms with Crippen molar-refractivity contribution in [3.05, 3.63) is 140 Å². The van der Waals surface area contributed by atoms with Crippen molar-refractivity contribution in [3.63, 3.8) is 0 Å². The van der Waals surface area contributed by atoms with Crippen molar-refractivity contribution in [2.24, 2.45) is 0 Å². The van der Waals surface area contributed by atoms with Gasteiger partial charge in [-0.25, -0.2) is 14.5 Å². The van der Waals surface area contributed by atoms with Gasteiger partial charge in [-0.1, -0.05) is 65.9 Å². The Hall–Kier alpha value is -6.17. The topological polar surface area (TPSA) is 148 Å². The van der Waals surface area contributed by atoms with Gasteiger partial charge in [0.15, 0.2) is 0 Å². The van der Waals surface area contributed by atoms with Crippen LogP contribution in [0.2, 0.25) is 0 Å². The molecule has 4 heterocycles. The molecule has 1 saturated heterocycles. The highest BCUT2D eigenvalue weighted by molar-refractivity contribution is 6.06. The summed E-state index contributed by atoms with van der Waals surface area (Å²) in [6.45, 7) is 6.50. The Balaban J connectivity index is 1.13. The first-order valence-electron chi connectivity index (χ1n) is 16.5. The maximum atomic E-state index is 14.1. The maximum absolute atomic E-state index is 14.1. The number of nitrogens with one attached hydrogen (secondary N) is 2. The van der Waals surface area contributed by atoms with E-state index in [1.54, 1.807) is 9.58 Å². The second kappa shape index (κ2) is 13.0. The Morgan fingerprint density at radius 1 is 0.980 bits per heavy atom. The zero-order valence-corrected chi connectivity index (χ0v) is 28.0. The van der Waals surface area contributed by atoms with Gasteiger partial charge >= 0.3 is 5.69 Å². The molecule has 1 aliphatic rings. The molecule has 50 heavy (non-hydrogen) atoms. The van der Waals surface area contributed by atoms with Crippen molar-refractivity contribution in [1.82, 2.24) is 34.4 Å². The lowest BCUT2D eigenvalue weighted by molar-refractivity contribution is 0.0308. The molecule has 7 rings (SSSR count). The summed E-state index contributed by atoms with van der Waals surface area (Å²) < 4.78 is 3.18. The van der Waals surface area contributed by atoms with E-state index in [1.165, 1.54) is 16.8 Å². The van der Waals surface area contributed by atoms with Gasteiger partial charge in [0.1, 0.15) is 11.3 Å². The van der Waals surface area contributed by atoms with Crippen LogP contribution in [0.1, 0.15) is 64.6 Å². The fourth-order valence-electron chi connectivity index (χ4n) is 6.46. The van der Waals surface area contributed by atoms with Gasteiger partial charge in [0.25, 0.3) is 17.4 Å². The summed E-state index contributed by atoms with van der Waals surface area (Å²) in [7, 11) is 0. The van der Waals surface area contributed by atoms with Gasteiger partial charge in [0, 0.05) is 35.1 Å². The third-order valence-corrected chi connectivity index (χ3v) is 9.42. The van der Waals surface area contributed by atoms with Crippen LogP contribution in [0.25, 0.3) is 22.3 Å². The molecule has 0 saturated carbocycles. The molecule has 1 fully saturated rings. The summed E-state index contributed by atoms with van der Waals surface area (Å²) >= 11 is 0. The Morgan fingerprint density at radius 3 is 2.48 bits per heavy atom. The van der Waals surface area contributed by atoms with Crippen molar-refractivity contribution in [3.8, 4) is 11.3 Å². The number of aromatic amines is 1. The Kier molecular flexibility index (Phi) is 8.44. The molecule has 12 heteroatoms. The number of aromatic nitrogens is 6. The summed E-state index contributed by atoms with van der Waals surface area (Å²) in [5, 5.41) is 12.0. The van der Waals surface area contributed by atoms with Crippen LogP contribution in [0.3, 0.4) is 0 Å². The van der Waals surface area contributed by atoms with E-state index < -0.39 is 16.8 Å². The normalized spacial score (nSPS) is 15.6. The number of anilines is 1. The van der Waals surface area contributed by atoms with Crippen molar-refractivity contribution < 1.29 is 9.59 Å². The maximum Gasteiger partial charge on any atom is 0.330 e. The van der Waals surface area contributed by atoms with Crippen molar-refractivity contribution >= 4 is 28.5 Å². The molecule has 6 aromatic rings. The molecule has 2 amide bonds. The molecule has 3 aromatic carbocycles. The number of hydrogen-bond donors (Lipinski definition) is 2. The lowest BCUT2D eigenvalue weighted by Crippen LogP contribution is -2.53.